The first-order valence-corrected chi connectivity index (χ1v) is 11.0. The zero-order valence-corrected chi connectivity index (χ0v) is 18.8. The van der Waals surface area contributed by atoms with Crippen LogP contribution in [0.15, 0.2) is 48.5 Å². The van der Waals surface area contributed by atoms with E-state index in [4.69, 9.17) is 21.1 Å². The minimum atomic E-state index is -0.873. The van der Waals surface area contributed by atoms with Gasteiger partial charge in [-0.25, -0.2) is 0 Å². The predicted octanol–water partition coefficient (Wildman–Crippen LogP) is 4.08. The van der Waals surface area contributed by atoms with E-state index in [-0.39, 0.29) is 6.61 Å². The summed E-state index contributed by atoms with van der Waals surface area (Å²) < 4.78 is 11.9. The fraction of sp³-hybridized carbons (Fsp3) is 0.500. The zero-order chi connectivity index (χ0) is 21.4. The highest BCUT2D eigenvalue weighted by atomic mass is 35.5. The van der Waals surface area contributed by atoms with Gasteiger partial charge in [-0.05, 0) is 64.2 Å². The number of likely N-dealkylation sites (tertiary alicyclic amines) is 1. The summed E-state index contributed by atoms with van der Waals surface area (Å²) in [5.41, 5.74) is 0.282. The Bertz CT molecular complexity index is 802. The zero-order valence-electron chi connectivity index (χ0n) is 18.0. The molecule has 2 aromatic carbocycles. The number of β-amino-alcohol motifs (C(OH)–C–C–N with tert-alkyl or cyclic N) is 1. The van der Waals surface area contributed by atoms with Crippen molar-refractivity contribution in [2.45, 2.75) is 31.4 Å². The number of nitrogens with zero attached hydrogens (tertiary/aromatic N) is 2. The molecule has 0 aliphatic carbocycles. The maximum atomic E-state index is 11.1. The molecule has 164 valence electrons. The number of ether oxygens (including phenoxy) is 2. The van der Waals surface area contributed by atoms with Crippen LogP contribution >= 0.6 is 11.6 Å². The third-order valence-corrected chi connectivity index (χ3v) is 5.55. The Labute approximate surface area is 185 Å². The van der Waals surface area contributed by atoms with Crippen molar-refractivity contribution < 1.29 is 14.6 Å². The van der Waals surface area contributed by atoms with Crippen LogP contribution in [0.2, 0.25) is 5.02 Å². The molecule has 1 atom stereocenters. The molecule has 0 aromatic heterocycles. The monoisotopic (exact) mass is 432 g/mol. The summed E-state index contributed by atoms with van der Waals surface area (Å²) in [5, 5.41) is 11.7. The quantitative estimate of drug-likeness (QED) is 0.573. The molecule has 1 aliphatic heterocycles. The van der Waals surface area contributed by atoms with Gasteiger partial charge in [-0.2, -0.15) is 0 Å². The van der Waals surface area contributed by atoms with E-state index < -0.39 is 5.60 Å². The van der Waals surface area contributed by atoms with Gasteiger partial charge in [0.2, 0.25) is 0 Å². The smallest absolute Gasteiger partial charge is 0.123 e. The van der Waals surface area contributed by atoms with E-state index in [1.54, 1.807) is 6.07 Å². The van der Waals surface area contributed by atoms with E-state index in [1.165, 1.54) is 0 Å². The van der Waals surface area contributed by atoms with Gasteiger partial charge in [-0.15, -0.1) is 0 Å². The molecule has 0 saturated carbocycles. The molecule has 5 nitrogen and oxygen atoms in total. The molecular formula is C24H33ClN2O3. The van der Waals surface area contributed by atoms with Gasteiger partial charge in [0.15, 0.2) is 0 Å². The van der Waals surface area contributed by atoms with E-state index in [0.717, 1.165) is 50.2 Å². The number of hydrogen-bond donors (Lipinski definition) is 1. The second-order valence-corrected chi connectivity index (χ2v) is 8.83. The maximum absolute atomic E-state index is 11.1. The van der Waals surface area contributed by atoms with Gasteiger partial charge in [-0.3, -0.25) is 4.90 Å². The Morgan fingerprint density at radius 2 is 1.97 bits per heavy atom. The lowest BCUT2D eigenvalue weighted by molar-refractivity contribution is -0.0622. The van der Waals surface area contributed by atoms with Crippen molar-refractivity contribution >= 4 is 11.6 Å². The van der Waals surface area contributed by atoms with Crippen molar-refractivity contribution in [3.63, 3.8) is 0 Å². The van der Waals surface area contributed by atoms with E-state index in [1.807, 2.05) is 36.4 Å². The fourth-order valence-electron chi connectivity index (χ4n) is 3.81. The summed E-state index contributed by atoms with van der Waals surface area (Å²) in [6, 6.07) is 15.5. The minimum absolute atomic E-state index is 0.256. The molecule has 0 spiro atoms. The first-order chi connectivity index (χ1) is 14.4. The number of aliphatic hydroxyl groups is 1. The molecule has 2 aromatic rings. The summed E-state index contributed by atoms with van der Waals surface area (Å²) in [6.07, 6.45) is 2.65. The molecule has 1 heterocycles. The van der Waals surface area contributed by atoms with E-state index in [9.17, 15) is 5.11 Å². The van der Waals surface area contributed by atoms with E-state index in [0.29, 0.717) is 23.9 Å². The van der Waals surface area contributed by atoms with Gasteiger partial charge in [0.1, 0.15) is 23.7 Å². The van der Waals surface area contributed by atoms with Crippen molar-refractivity contribution in [1.29, 1.82) is 0 Å². The van der Waals surface area contributed by atoms with Gasteiger partial charge < -0.3 is 19.5 Å². The average Bonchev–Trinajstić information content (AvgIpc) is 2.71. The fourth-order valence-corrected chi connectivity index (χ4v) is 3.99. The standard InChI is InChI=1S/C24H33ClN2O3/c1-26(2)13-7-15-29-23-11-4-3-8-20(23)17-27-14-6-12-24(28,18-27)19-30-22-10-5-9-21(25)16-22/h3-5,8-11,16,28H,6-7,12-15,17-19H2,1-2H3. The number of benzene rings is 2. The van der Waals surface area contributed by atoms with Crippen LogP contribution in [0.1, 0.15) is 24.8 Å². The Kier molecular flexibility index (Phi) is 8.40. The van der Waals surface area contributed by atoms with Crippen molar-refractivity contribution in [2.24, 2.45) is 0 Å². The summed E-state index contributed by atoms with van der Waals surface area (Å²) in [7, 11) is 4.14. The normalized spacial score (nSPS) is 19.8. The van der Waals surface area contributed by atoms with Crippen molar-refractivity contribution in [1.82, 2.24) is 9.80 Å². The predicted molar refractivity (Wildman–Crippen MR) is 122 cm³/mol. The van der Waals surface area contributed by atoms with Crippen LogP contribution in [0.25, 0.3) is 0 Å². The summed E-state index contributed by atoms with van der Waals surface area (Å²) in [4.78, 5) is 4.45. The molecular weight excluding hydrogens is 400 g/mol. The van der Waals surface area contributed by atoms with Crippen LogP contribution in [0.5, 0.6) is 11.5 Å². The molecule has 0 radical (unpaired) electrons. The second kappa shape index (κ2) is 11.0. The minimum Gasteiger partial charge on any atom is -0.493 e. The lowest BCUT2D eigenvalue weighted by atomic mass is 9.93. The maximum Gasteiger partial charge on any atom is 0.123 e. The summed E-state index contributed by atoms with van der Waals surface area (Å²) in [5.74, 6) is 1.62. The number of para-hydroxylation sites is 1. The van der Waals surface area contributed by atoms with Gasteiger partial charge in [0, 0.05) is 30.2 Å². The Morgan fingerprint density at radius 3 is 2.77 bits per heavy atom. The summed E-state index contributed by atoms with van der Waals surface area (Å²) in [6.45, 7) is 4.24. The molecule has 1 aliphatic rings. The largest absolute Gasteiger partial charge is 0.493 e. The summed E-state index contributed by atoms with van der Waals surface area (Å²) >= 11 is 6.03. The molecule has 1 N–H and O–H groups in total. The Hall–Kier alpha value is -1.79. The third kappa shape index (κ3) is 7.17. The van der Waals surface area contributed by atoms with Crippen LogP contribution in [0, 0.1) is 0 Å². The highest BCUT2D eigenvalue weighted by molar-refractivity contribution is 6.30. The molecule has 1 fully saturated rings. The molecule has 1 unspecified atom stereocenters. The first kappa shape index (κ1) is 22.9. The number of hydrogen-bond acceptors (Lipinski definition) is 5. The van der Waals surface area contributed by atoms with Gasteiger partial charge in [0.25, 0.3) is 0 Å². The molecule has 0 bridgehead atoms. The lowest BCUT2D eigenvalue weighted by Crippen LogP contribution is -2.51. The number of halogens is 1. The Morgan fingerprint density at radius 1 is 1.13 bits per heavy atom. The number of piperidine rings is 1. The van der Waals surface area contributed by atoms with E-state index >= 15 is 0 Å². The van der Waals surface area contributed by atoms with Crippen LogP contribution in [0.3, 0.4) is 0 Å². The Balaban J connectivity index is 1.55. The molecule has 3 rings (SSSR count). The SMILES string of the molecule is CN(C)CCCOc1ccccc1CN1CCCC(O)(COc2cccc(Cl)c2)C1. The molecule has 6 heteroatoms. The topological polar surface area (TPSA) is 45.2 Å². The molecule has 30 heavy (non-hydrogen) atoms. The van der Waals surface area contributed by atoms with Crippen molar-refractivity contribution in [2.75, 3.05) is 46.9 Å². The van der Waals surface area contributed by atoms with Gasteiger partial charge in [-0.1, -0.05) is 35.9 Å². The highest BCUT2D eigenvalue weighted by Crippen LogP contribution is 2.27. The van der Waals surface area contributed by atoms with Crippen LogP contribution in [-0.4, -0.2) is 67.5 Å². The van der Waals surface area contributed by atoms with Gasteiger partial charge >= 0.3 is 0 Å². The van der Waals surface area contributed by atoms with Crippen molar-refractivity contribution in [3.05, 3.63) is 59.1 Å². The van der Waals surface area contributed by atoms with Crippen LogP contribution in [-0.2, 0) is 6.54 Å². The third-order valence-electron chi connectivity index (χ3n) is 5.31. The second-order valence-electron chi connectivity index (χ2n) is 8.40. The van der Waals surface area contributed by atoms with Crippen LogP contribution < -0.4 is 9.47 Å². The lowest BCUT2D eigenvalue weighted by Gasteiger charge is -2.39. The molecule has 0 amide bonds. The first-order valence-electron chi connectivity index (χ1n) is 10.6. The van der Waals surface area contributed by atoms with E-state index in [2.05, 4.69) is 30.0 Å². The highest BCUT2D eigenvalue weighted by Gasteiger charge is 2.34. The molecule has 1 saturated heterocycles. The van der Waals surface area contributed by atoms with Crippen molar-refractivity contribution in [3.8, 4) is 11.5 Å². The number of rotatable bonds is 10. The van der Waals surface area contributed by atoms with Gasteiger partial charge in [0.05, 0.1) is 6.61 Å². The average molecular weight is 433 g/mol. The van der Waals surface area contributed by atoms with Crippen LogP contribution in [0.4, 0.5) is 0 Å².